The summed E-state index contributed by atoms with van der Waals surface area (Å²) in [6.45, 7) is 5.87. The second kappa shape index (κ2) is 6.53. The van der Waals surface area contributed by atoms with Gasteiger partial charge in [0.2, 0.25) is 0 Å². The maximum Gasteiger partial charge on any atom is 0.314 e. The topological polar surface area (TPSA) is 74.6 Å². The van der Waals surface area contributed by atoms with Crippen molar-refractivity contribution >= 4 is 14.5 Å². The van der Waals surface area contributed by atoms with Crippen molar-refractivity contribution in [3.8, 4) is 0 Å². The molecule has 68 valence electrons. The molecule has 0 saturated carbocycles. The summed E-state index contributed by atoms with van der Waals surface area (Å²) in [5.74, 6) is 0. The summed E-state index contributed by atoms with van der Waals surface area (Å²) in [5.41, 5.74) is -0.0972. The maximum absolute atomic E-state index is 10.1. The summed E-state index contributed by atoms with van der Waals surface area (Å²) in [5, 5.41) is 0. The first-order valence-electron chi connectivity index (χ1n) is 3.24. The standard InChI is InChI=1S/C6H12O.H3O3P/c1-4-6(2,3)5-7;1-4(2)3/h5H,4H2,1-3H3;4H,(H2,1,2,3). The van der Waals surface area contributed by atoms with Gasteiger partial charge in [-0.15, -0.1) is 0 Å². The van der Waals surface area contributed by atoms with Crippen LogP contribution < -0.4 is 0 Å². The Hall–Kier alpha value is -0.180. The molecule has 0 spiro atoms. The Bertz CT molecular complexity index is 129. The lowest BCUT2D eigenvalue weighted by Gasteiger charge is -2.10. The Labute approximate surface area is 67.2 Å². The van der Waals surface area contributed by atoms with Crippen molar-refractivity contribution in [2.75, 3.05) is 0 Å². The van der Waals surface area contributed by atoms with E-state index in [4.69, 9.17) is 14.4 Å². The predicted octanol–water partition coefficient (Wildman–Crippen LogP) is 0.982. The van der Waals surface area contributed by atoms with Crippen LogP contribution in [-0.4, -0.2) is 16.1 Å². The van der Waals surface area contributed by atoms with Crippen LogP contribution >= 0.6 is 8.25 Å². The summed E-state index contributed by atoms with van der Waals surface area (Å²) >= 11 is 0. The molecule has 0 rings (SSSR count). The van der Waals surface area contributed by atoms with Gasteiger partial charge < -0.3 is 14.6 Å². The van der Waals surface area contributed by atoms with Gasteiger partial charge in [0.1, 0.15) is 6.29 Å². The predicted molar refractivity (Wildman–Crippen MR) is 43.6 cm³/mol. The molecule has 0 aromatic heterocycles. The average Bonchev–Trinajstić information content (AvgIpc) is 1.87. The van der Waals surface area contributed by atoms with Crippen molar-refractivity contribution in [2.45, 2.75) is 27.2 Å². The zero-order valence-electron chi connectivity index (χ0n) is 7.00. The Balaban J connectivity index is 0. The van der Waals surface area contributed by atoms with Gasteiger partial charge in [-0.05, 0) is 6.42 Å². The van der Waals surface area contributed by atoms with Gasteiger partial charge in [-0.3, -0.25) is 4.57 Å². The van der Waals surface area contributed by atoms with Crippen LogP contribution in [0.25, 0.3) is 0 Å². The van der Waals surface area contributed by atoms with E-state index in [1.165, 1.54) is 0 Å². The maximum atomic E-state index is 10.1. The van der Waals surface area contributed by atoms with Crippen molar-refractivity contribution in [2.24, 2.45) is 5.41 Å². The van der Waals surface area contributed by atoms with Gasteiger partial charge in [-0.25, -0.2) is 0 Å². The minimum atomic E-state index is -3.13. The Morgan fingerprint density at radius 1 is 1.45 bits per heavy atom. The van der Waals surface area contributed by atoms with Gasteiger partial charge in [-0.1, -0.05) is 20.8 Å². The zero-order valence-corrected chi connectivity index (χ0v) is 8.00. The van der Waals surface area contributed by atoms with Crippen LogP contribution in [0.3, 0.4) is 0 Å². The lowest BCUT2D eigenvalue weighted by atomic mass is 9.93. The summed E-state index contributed by atoms with van der Waals surface area (Å²) in [6, 6.07) is 0. The molecule has 4 nitrogen and oxygen atoms in total. The highest BCUT2D eigenvalue weighted by molar-refractivity contribution is 7.30. The lowest BCUT2D eigenvalue weighted by molar-refractivity contribution is -0.114. The van der Waals surface area contributed by atoms with Gasteiger partial charge in [0.05, 0.1) is 0 Å². The highest BCUT2D eigenvalue weighted by Crippen LogP contribution is 2.14. The second-order valence-electron chi connectivity index (χ2n) is 2.74. The highest BCUT2D eigenvalue weighted by atomic mass is 31.1. The number of aldehydes is 1. The summed E-state index contributed by atoms with van der Waals surface area (Å²) in [7, 11) is -3.13. The Morgan fingerprint density at radius 3 is 1.73 bits per heavy atom. The van der Waals surface area contributed by atoms with Crippen molar-refractivity contribution in [1.82, 2.24) is 0 Å². The van der Waals surface area contributed by atoms with Crippen molar-refractivity contribution in [3.05, 3.63) is 0 Å². The molecule has 0 heterocycles. The molecule has 0 radical (unpaired) electrons. The minimum absolute atomic E-state index is 0.0972. The fraction of sp³-hybridized carbons (Fsp3) is 0.833. The van der Waals surface area contributed by atoms with E-state index in [2.05, 4.69) is 0 Å². The van der Waals surface area contributed by atoms with Gasteiger partial charge in [-0.2, -0.15) is 0 Å². The molecular weight excluding hydrogens is 167 g/mol. The third-order valence-corrected chi connectivity index (χ3v) is 1.23. The van der Waals surface area contributed by atoms with Crippen LogP contribution in [0.5, 0.6) is 0 Å². The van der Waals surface area contributed by atoms with Gasteiger partial charge >= 0.3 is 8.25 Å². The SMILES string of the molecule is CCC(C)(C)C=O.O=[PH](O)O. The third-order valence-electron chi connectivity index (χ3n) is 1.23. The van der Waals surface area contributed by atoms with E-state index >= 15 is 0 Å². The van der Waals surface area contributed by atoms with Crippen LogP contribution in [0.2, 0.25) is 0 Å². The Morgan fingerprint density at radius 2 is 1.73 bits per heavy atom. The molecule has 0 amide bonds. The van der Waals surface area contributed by atoms with E-state index in [9.17, 15) is 4.79 Å². The minimum Gasteiger partial charge on any atom is -0.326 e. The summed E-state index contributed by atoms with van der Waals surface area (Å²) in [6.07, 6.45) is 1.92. The molecule has 0 aromatic rings. The molecule has 0 unspecified atom stereocenters. The third kappa shape index (κ3) is 17.7. The van der Waals surface area contributed by atoms with Crippen LogP contribution in [0.15, 0.2) is 0 Å². The van der Waals surface area contributed by atoms with Gasteiger partial charge in [0, 0.05) is 5.41 Å². The molecule has 5 heteroatoms. The van der Waals surface area contributed by atoms with E-state index in [0.717, 1.165) is 12.7 Å². The first-order valence-corrected chi connectivity index (χ1v) is 4.54. The molecule has 0 fully saturated rings. The smallest absolute Gasteiger partial charge is 0.314 e. The van der Waals surface area contributed by atoms with E-state index in [-0.39, 0.29) is 5.41 Å². The molecule has 0 saturated heterocycles. The fourth-order valence-corrected chi connectivity index (χ4v) is 0.0833. The van der Waals surface area contributed by atoms with E-state index < -0.39 is 8.25 Å². The highest BCUT2D eigenvalue weighted by Gasteiger charge is 2.11. The monoisotopic (exact) mass is 182 g/mol. The summed E-state index contributed by atoms with van der Waals surface area (Å²) in [4.78, 5) is 24.4. The molecule has 0 bridgehead atoms. The largest absolute Gasteiger partial charge is 0.326 e. The van der Waals surface area contributed by atoms with Crippen LogP contribution in [0, 0.1) is 5.41 Å². The first-order chi connectivity index (χ1) is 4.85. The summed E-state index contributed by atoms with van der Waals surface area (Å²) < 4.78 is 8.74. The van der Waals surface area contributed by atoms with Crippen LogP contribution in [0.4, 0.5) is 0 Å². The molecule has 0 aliphatic carbocycles. The zero-order chi connectivity index (χ0) is 9.49. The quantitative estimate of drug-likeness (QED) is 0.493. The normalized spacial score (nSPS) is 10.4. The molecule has 0 aliphatic rings. The fourth-order valence-electron chi connectivity index (χ4n) is 0.0833. The Kier molecular flexibility index (Phi) is 7.96. The van der Waals surface area contributed by atoms with Crippen LogP contribution in [0.1, 0.15) is 27.2 Å². The number of carbonyl (C=O) groups excluding carboxylic acids is 1. The average molecular weight is 182 g/mol. The molecule has 0 atom stereocenters. The number of hydrogen-bond acceptors (Lipinski definition) is 2. The van der Waals surface area contributed by atoms with E-state index in [0.29, 0.717) is 0 Å². The van der Waals surface area contributed by atoms with Crippen molar-refractivity contribution < 1.29 is 19.1 Å². The van der Waals surface area contributed by atoms with Gasteiger partial charge in [0.15, 0.2) is 0 Å². The first kappa shape index (κ1) is 13.4. The molecular formula is C6H15O4P. The van der Waals surface area contributed by atoms with Crippen molar-refractivity contribution in [1.29, 1.82) is 0 Å². The van der Waals surface area contributed by atoms with Gasteiger partial charge in [0.25, 0.3) is 0 Å². The number of carbonyl (C=O) groups is 1. The van der Waals surface area contributed by atoms with Crippen LogP contribution in [-0.2, 0) is 9.36 Å². The van der Waals surface area contributed by atoms with E-state index in [1.807, 2.05) is 20.8 Å². The lowest BCUT2D eigenvalue weighted by Crippen LogP contribution is -2.09. The number of hydrogen-bond donors (Lipinski definition) is 2. The number of rotatable bonds is 2. The molecule has 0 aliphatic heterocycles. The molecule has 2 N–H and O–H groups in total. The molecule has 11 heavy (non-hydrogen) atoms. The van der Waals surface area contributed by atoms with E-state index in [1.54, 1.807) is 0 Å². The van der Waals surface area contributed by atoms with Crippen molar-refractivity contribution in [3.63, 3.8) is 0 Å². The second-order valence-corrected chi connectivity index (χ2v) is 3.31. The molecule has 0 aromatic carbocycles.